The second-order valence-corrected chi connectivity index (χ2v) is 9.79. The molecule has 0 aliphatic carbocycles. The van der Waals surface area contributed by atoms with Crippen LogP contribution in [0.1, 0.15) is 43.9 Å². The van der Waals surface area contributed by atoms with Crippen molar-refractivity contribution in [1.82, 2.24) is 14.8 Å². The number of amides is 1. The molecule has 0 N–H and O–H groups in total. The van der Waals surface area contributed by atoms with Gasteiger partial charge in [-0.15, -0.1) is 10.2 Å². The molecule has 2 aromatic heterocycles. The molecule has 7 nitrogen and oxygen atoms in total. The SMILES string of the molecule is C[C@H](Sc1nnc(N2CCCCC2)n1Cc1ccco1)C(=O)N1CCCc2ccccc21. The van der Waals surface area contributed by atoms with E-state index in [0.717, 1.165) is 55.0 Å². The van der Waals surface area contributed by atoms with Crippen molar-refractivity contribution in [2.24, 2.45) is 0 Å². The zero-order chi connectivity index (χ0) is 21.9. The van der Waals surface area contributed by atoms with E-state index in [-0.39, 0.29) is 11.2 Å². The number of benzene rings is 1. The number of aryl methyl sites for hydroxylation is 1. The van der Waals surface area contributed by atoms with Crippen LogP contribution in [0.25, 0.3) is 0 Å². The average Bonchev–Trinajstić information content (AvgIpc) is 3.49. The molecule has 8 heteroatoms. The van der Waals surface area contributed by atoms with E-state index >= 15 is 0 Å². The highest BCUT2D eigenvalue weighted by atomic mass is 32.2. The Morgan fingerprint density at radius 1 is 1.06 bits per heavy atom. The molecule has 1 saturated heterocycles. The second kappa shape index (κ2) is 9.40. The molecule has 3 aromatic rings. The summed E-state index contributed by atoms with van der Waals surface area (Å²) in [5.41, 5.74) is 2.29. The predicted octanol–water partition coefficient (Wildman–Crippen LogP) is 4.37. The molecule has 32 heavy (non-hydrogen) atoms. The van der Waals surface area contributed by atoms with Crippen LogP contribution < -0.4 is 9.80 Å². The van der Waals surface area contributed by atoms with Crippen molar-refractivity contribution in [3.8, 4) is 0 Å². The van der Waals surface area contributed by atoms with Gasteiger partial charge in [0.15, 0.2) is 5.16 Å². The van der Waals surface area contributed by atoms with Gasteiger partial charge in [0.1, 0.15) is 5.76 Å². The monoisotopic (exact) mass is 451 g/mol. The van der Waals surface area contributed by atoms with Crippen LogP contribution >= 0.6 is 11.8 Å². The van der Waals surface area contributed by atoms with Crippen LogP contribution in [0.15, 0.2) is 52.2 Å². The molecule has 0 spiro atoms. The Kier molecular flexibility index (Phi) is 6.21. The van der Waals surface area contributed by atoms with Crippen LogP contribution in [0.2, 0.25) is 0 Å². The first-order chi connectivity index (χ1) is 15.7. The molecule has 5 rings (SSSR count). The summed E-state index contributed by atoms with van der Waals surface area (Å²) in [5.74, 6) is 1.84. The van der Waals surface area contributed by atoms with Crippen molar-refractivity contribution in [2.75, 3.05) is 29.4 Å². The van der Waals surface area contributed by atoms with E-state index in [9.17, 15) is 4.79 Å². The number of rotatable bonds is 6. The third kappa shape index (κ3) is 4.28. The second-order valence-electron chi connectivity index (χ2n) is 8.48. The minimum absolute atomic E-state index is 0.120. The number of para-hydroxylation sites is 1. The average molecular weight is 452 g/mol. The van der Waals surface area contributed by atoms with Crippen molar-refractivity contribution in [3.63, 3.8) is 0 Å². The van der Waals surface area contributed by atoms with Gasteiger partial charge in [-0.25, -0.2) is 0 Å². The fourth-order valence-electron chi connectivity index (χ4n) is 4.58. The zero-order valence-corrected chi connectivity index (χ0v) is 19.3. The first-order valence-electron chi connectivity index (χ1n) is 11.5. The molecule has 0 unspecified atom stereocenters. The molecule has 2 aliphatic heterocycles. The Labute approximate surface area is 192 Å². The number of anilines is 2. The highest BCUT2D eigenvalue weighted by Crippen LogP contribution is 2.32. The molecule has 0 bridgehead atoms. The minimum Gasteiger partial charge on any atom is -0.467 e. The van der Waals surface area contributed by atoms with Crippen molar-refractivity contribution >= 4 is 29.3 Å². The quantitative estimate of drug-likeness (QED) is 0.519. The van der Waals surface area contributed by atoms with E-state index in [4.69, 9.17) is 4.42 Å². The zero-order valence-electron chi connectivity index (χ0n) is 18.4. The summed E-state index contributed by atoms with van der Waals surface area (Å²) in [7, 11) is 0. The summed E-state index contributed by atoms with van der Waals surface area (Å²) in [6.07, 6.45) is 7.30. The lowest BCUT2D eigenvalue weighted by atomic mass is 10.0. The number of thioether (sulfide) groups is 1. The number of aromatic nitrogens is 3. The van der Waals surface area contributed by atoms with Crippen molar-refractivity contribution < 1.29 is 9.21 Å². The van der Waals surface area contributed by atoms with Gasteiger partial charge in [-0.3, -0.25) is 9.36 Å². The molecule has 0 radical (unpaired) electrons. The van der Waals surface area contributed by atoms with E-state index in [1.54, 1.807) is 6.26 Å². The normalized spacial score (nSPS) is 17.3. The van der Waals surface area contributed by atoms with Crippen LogP contribution in [0, 0.1) is 0 Å². The number of carbonyl (C=O) groups excluding carboxylic acids is 1. The number of carbonyl (C=O) groups is 1. The van der Waals surface area contributed by atoms with E-state index in [1.807, 2.05) is 36.1 Å². The number of piperidine rings is 1. The van der Waals surface area contributed by atoms with Gasteiger partial charge in [-0.1, -0.05) is 30.0 Å². The lowest BCUT2D eigenvalue weighted by molar-refractivity contribution is -0.117. The molecule has 2 aliphatic rings. The Balaban J connectivity index is 1.38. The predicted molar refractivity (Wildman–Crippen MR) is 126 cm³/mol. The maximum absolute atomic E-state index is 13.4. The first-order valence-corrected chi connectivity index (χ1v) is 12.3. The van der Waals surface area contributed by atoms with Crippen molar-refractivity contribution in [2.45, 2.75) is 56.0 Å². The maximum atomic E-state index is 13.4. The maximum Gasteiger partial charge on any atom is 0.240 e. The van der Waals surface area contributed by atoms with Crippen LogP contribution in [0.5, 0.6) is 0 Å². The van der Waals surface area contributed by atoms with Gasteiger partial charge in [0, 0.05) is 25.3 Å². The van der Waals surface area contributed by atoms with Gasteiger partial charge in [-0.2, -0.15) is 0 Å². The summed E-state index contributed by atoms with van der Waals surface area (Å²) in [4.78, 5) is 17.7. The Bertz CT molecular complexity index is 1060. The molecule has 4 heterocycles. The molecule has 0 saturated carbocycles. The third-order valence-electron chi connectivity index (χ3n) is 6.24. The largest absolute Gasteiger partial charge is 0.467 e. The van der Waals surface area contributed by atoms with Crippen molar-refractivity contribution in [3.05, 3.63) is 54.0 Å². The smallest absolute Gasteiger partial charge is 0.240 e. The molecular formula is C24H29N5O2S. The molecule has 1 fully saturated rings. The number of hydrogen-bond donors (Lipinski definition) is 0. The Morgan fingerprint density at radius 3 is 2.72 bits per heavy atom. The summed E-state index contributed by atoms with van der Waals surface area (Å²) in [6.45, 7) is 5.26. The fraction of sp³-hybridized carbons (Fsp3) is 0.458. The summed E-state index contributed by atoms with van der Waals surface area (Å²) < 4.78 is 7.71. The molecular weight excluding hydrogens is 422 g/mol. The summed E-state index contributed by atoms with van der Waals surface area (Å²) in [6, 6.07) is 12.1. The first kappa shape index (κ1) is 21.1. The highest BCUT2D eigenvalue weighted by Gasteiger charge is 2.29. The lowest BCUT2D eigenvalue weighted by Gasteiger charge is -2.31. The standard InChI is InChI=1S/C24H29N5O2S/c1-18(22(30)28-15-7-10-19-9-3-4-12-21(19)28)32-24-26-25-23(27-13-5-2-6-14-27)29(24)17-20-11-8-16-31-20/h3-4,8-9,11-12,16,18H,2,5-7,10,13-15,17H2,1H3/t18-/m0/s1. The summed E-state index contributed by atoms with van der Waals surface area (Å²) in [5, 5.41) is 9.53. The molecule has 1 aromatic carbocycles. The summed E-state index contributed by atoms with van der Waals surface area (Å²) >= 11 is 1.48. The van der Waals surface area contributed by atoms with E-state index < -0.39 is 0 Å². The van der Waals surface area contributed by atoms with Gasteiger partial charge in [0.05, 0.1) is 18.1 Å². The molecule has 1 amide bonds. The number of hydrogen-bond acceptors (Lipinski definition) is 6. The van der Waals surface area contributed by atoms with Crippen LogP contribution in [0.3, 0.4) is 0 Å². The highest BCUT2D eigenvalue weighted by molar-refractivity contribution is 8.00. The van der Waals surface area contributed by atoms with E-state index in [1.165, 1.54) is 36.6 Å². The van der Waals surface area contributed by atoms with Crippen LogP contribution in [0.4, 0.5) is 11.6 Å². The lowest BCUT2D eigenvalue weighted by Crippen LogP contribution is -2.40. The van der Waals surface area contributed by atoms with Gasteiger partial charge in [0.2, 0.25) is 11.9 Å². The topological polar surface area (TPSA) is 67.4 Å². The van der Waals surface area contributed by atoms with Gasteiger partial charge < -0.3 is 14.2 Å². The van der Waals surface area contributed by atoms with Crippen LogP contribution in [-0.4, -0.2) is 45.6 Å². The van der Waals surface area contributed by atoms with E-state index in [0.29, 0.717) is 6.54 Å². The van der Waals surface area contributed by atoms with Crippen LogP contribution in [-0.2, 0) is 17.8 Å². The number of fused-ring (bicyclic) bond motifs is 1. The number of furan rings is 1. The Morgan fingerprint density at radius 2 is 1.91 bits per heavy atom. The van der Waals surface area contributed by atoms with E-state index in [2.05, 4.69) is 31.8 Å². The van der Waals surface area contributed by atoms with Gasteiger partial charge in [0.25, 0.3) is 0 Å². The molecule has 168 valence electrons. The molecule has 1 atom stereocenters. The minimum atomic E-state index is -0.269. The van der Waals surface area contributed by atoms with Gasteiger partial charge in [-0.05, 0) is 62.8 Å². The fourth-order valence-corrected chi connectivity index (χ4v) is 5.49. The third-order valence-corrected chi connectivity index (χ3v) is 7.30. The Hall–Kier alpha value is -2.74. The van der Waals surface area contributed by atoms with Crippen molar-refractivity contribution in [1.29, 1.82) is 0 Å². The number of nitrogens with zero attached hydrogens (tertiary/aromatic N) is 5. The van der Waals surface area contributed by atoms with Gasteiger partial charge >= 0.3 is 0 Å².